The fourth-order valence-electron chi connectivity index (χ4n) is 2.81. The van der Waals surface area contributed by atoms with Gasteiger partial charge in [0.1, 0.15) is 12.0 Å². The van der Waals surface area contributed by atoms with Crippen molar-refractivity contribution in [3.05, 3.63) is 41.5 Å². The van der Waals surface area contributed by atoms with E-state index in [2.05, 4.69) is 0 Å². The van der Waals surface area contributed by atoms with Crippen molar-refractivity contribution in [3.63, 3.8) is 0 Å². The Hall–Kier alpha value is -2.43. The van der Waals surface area contributed by atoms with E-state index in [1.165, 1.54) is 16.7 Å². The van der Waals surface area contributed by atoms with Gasteiger partial charge >= 0.3 is 0 Å². The van der Waals surface area contributed by atoms with Crippen molar-refractivity contribution in [2.24, 2.45) is 5.92 Å². The highest BCUT2D eigenvalue weighted by atomic mass is 16.5. The van der Waals surface area contributed by atoms with E-state index >= 15 is 0 Å². The van der Waals surface area contributed by atoms with E-state index in [4.69, 9.17) is 4.74 Å². The van der Waals surface area contributed by atoms with Gasteiger partial charge in [0.25, 0.3) is 0 Å². The zero-order valence-electron chi connectivity index (χ0n) is 11.7. The van der Waals surface area contributed by atoms with Gasteiger partial charge < -0.3 is 14.9 Å². The lowest BCUT2D eigenvalue weighted by Crippen LogP contribution is -2.00. The predicted molar refractivity (Wildman–Crippen MR) is 77.0 cm³/mol. The molecule has 2 N–H and O–H groups in total. The van der Waals surface area contributed by atoms with Gasteiger partial charge in [-0.15, -0.1) is 0 Å². The van der Waals surface area contributed by atoms with Gasteiger partial charge in [-0.1, -0.05) is 12.1 Å². The molecular weight excluding hydrogens is 270 g/mol. The van der Waals surface area contributed by atoms with Crippen LogP contribution in [0.3, 0.4) is 0 Å². The molecule has 5 nitrogen and oxygen atoms in total. The lowest BCUT2D eigenvalue weighted by Gasteiger charge is -2.10. The summed E-state index contributed by atoms with van der Waals surface area (Å²) in [5, 5.41) is 19.3. The largest absolute Gasteiger partial charge is 0.496 e. The normalized spacial score (nSPS) is 20.2. The molecule has 5 heteroatoms. The SMILES string of the molecule is COc1cc(C=O)ccc1C1CC1Cn1c(O)ccc1O. The Morgan fingerprint density at radius 3 is 2.62 bits per heavy atom. The molecule has 2 unspecified atom stereocenters. The van der Waals surface area contributed by atoms with Gasteiger partial charge in [-0.25, -0.2) is 0 Å². The van der Waals surface area contributed by atoms with Gasteiger partial charge in [0, 0.05) is 24.2 Å². The zero-order chi connectivity index (χ0) is 15.0. The minimum atomic E-state index is 0.0708. The number of benzene rings is 1. The molecule has 0 radical (unpaired) electrons. The van der Waals surface area contributed by atoms with E-state index in [0.717, 1.165) is 18.3 Å². The van der Waals surface area contributed by atoms with Crippen molar-refractivity contribution < 1.29 is 19.7 Å². The van der Waals surface area contributed by atoms with Crippen LogP contribution in [0.4, 0.5) is 0 Å². The lowest BCUT2D eigenvalue weighted by atomic mass is 10.1. The van der Waals surface area contributed by atoms with Crippen LogP contribution in [-0.4, -0.2) is 28.2 Å². The molecule has 0 bridgehead atoms. The van der Waals surface area contributed by atoms with E-state index in [0.29, 0.717) is 29.7 Å². The standard InChI is InChI=1S/C16H17NO4/c1-21-14-6-10(9-18)2-3-12(14)13-7-11(13)8-17-15(19)4-5-16(17)20/h2-6,9,11,13,19-20H,7-8H2,1H3. The van der Waals surface area contributed by atoms with Gasteiger partial charge in [0.15, 0.2) is 11.8 Å². The molecule has 0 aliphatic heterocycles. The molecule has 1 aliphatic carbocycles. The van der Waals surface area contributed by atoms with E-state index in [1.54, 1.807) is 19.2 Å². The number of carbonyl (C=O) groups excluding carboxylic acids is 1. The Morgan fingerprint density at radius 1 is 1.29 bits per heavy atom. The molecule has 0 saturated heterocycles. The molecule has 0 spiro atoms. The van der Waals surface area contributed by atoms with Crippen molar-refractivity contribution in [1.82, 2.24) is 4.57 Å². The minimum Gasteiger partial charge on any atom is -0.496 e. The number of rotatable bonds is 5. The van der Waals surface area contributed by atoms with Crippen LogP contribution in [0, 0.1) is 5.92 Å². The molecule has 2 atom stereocenters. The lowest BCUT2D eigenvalue weighted by molar-refractivity contribution is 0.112. The number of nitrogens with zero attached hydrogens (tertiary/aromatic N) is 1. The van der Waals surface area contributed by atoms with Crippen LogP contribution in [0.5, 0.6) is 17.5 Å². The summed E-state index contributed by atoms with van der Waals surface area (Å²) < 4.78 is 6.85. The molecular formula is C16H17NO4. The van der Waals surface area contributed by atoms with Gasteiger partial charge in [-0.2, -0.15) is 0 Å². The van der Waals surface area contributed by atoms with E-state index in [-0.39, 0.29) is 11.8 Å². The monoisotopic (exact) mass is 287 g/mol. The first kappa shape index (κ1) is 13.5. The van der Waals surface area contributed by atoms with Crippen LogP contribution in [-0.2, 0) is 6.54 Å². The molecule has 1 aliphatic rings. The average molecular weight is 287 g/mol. The number of carbonyl (C=O) groups is 1. The Kier molecular flexibility index (Phi) is 3.33. The third-order valence-electron chi connectivity index (χ3n) is 4.07. The summed E-state index contributed by atoms with van der Waals surface area (Å²) in [6.07, 6.45) is 1.76. The number of hydrogen-bond donors (Lipinski definition) is 2. The number of aldehydes is 1. The second-order valence-corrected chi connectivity index (χ2v) is 5.38. The molecule has 1 fully saturated rings. The summed E-state index contributed by atoms with van der Waals surface area (Å²) in [4.78, 5) is 10.8. The topological polar surface area (TPSA) is 71.7 Å². The van der Waals surface area contributed by atoms with Crippen molar-refractivity contribution in [3.8, 4) is 17.5 Å². The second kappa shape index (κ2) is 5.16. The van der Waals surface area contributed by atoms with Crippen LogP contribution < -0.4 is 4.74 Å². The summed E-state index contributed by atoms with van der Waals surface area (Å²) in [6.45, 7) is 0.563. The number of aromatic nitrogens is 1. The van der Waals surface area contributed by atoms with Crippen LogP contribution in [0.25, 0.3) is 0 Å². The maximum absolute atomic E-state index is 10.8. The third kappa shape index (κ3) is 2.46. The first-order valence-corrected chi connectivity index (χ1v) is 6.84. The Bertz CT molecular complexity index is 657. The number of aromatic hydroxyl groups is 2. The molecule has 1 aromatic heterocycles. The first-order chi connectivity index (χ1) is 10.1. The third-order valence-corrected chi connectivity index (χ3v) is 4.07. The molecule has 2 aromatic rings. The maximum atomic E-state index is 10.8. The Labute approximate surface area is 122 Å². The van der Waals surface area contributed by atoms with Crippen LogP contribution in [0.1, 0.15) is 28.3 Å². The van der Waals surface area contributed by atoms with Crippen molar-refractivity contribution in [2.75, 3.05) is 7.11 Å². The minimum absolute atomic E-state index is 0.0708. The highest BCUT2D eigenvalue weighted by molar-refractivity contribution is 5.76. The smallest absolute Gasteiger partial charge is 0.193 e. The maximum Gasteiger partial charge on any atom is 0.193 e. The number of ether oxygens (including phenoxy) is 1. The molecule has 1 saturated carbocycles. The Balaban J connectivity index is 1.77. The van der Waals surface area contributed by atoms with Gasteiger partial charge in [0.2, 0.25) is 0 Å². The van der Waals surface area contributed by atoms with Crippen molar-refractivity contribution >= 4 is 6.29 Å². The molecule has 1 heterocycles. The fraction of sp³-hybridized carbons (Fsp3) is 0.312. The van der Waals surface area contributed by atoms with Crippen LogP contribution in [0.15, 0.2) is 30.3 Å². The first-order valence-electron chi connectivity index (χ1n) is 6.84. The van der Waals surface area contributed by atoms with E-state index in [9.17, 15) is 15.0 Å². The summed E-state index contributed by atoms with van der Waals surface area (Å²) in [6, 6.07) is 8.40. The number of methoxy groups -OCH3 is 1. The molecule has 110 valence electrons. The van der Waals surface area contributed by atoms with Crippen molar-refractivity contribution in [2.45, 2.75) is 18.9 Å². The summed E-state index contributed by atoms with van der Waals surface area (Å²) in [5.41, 5.74) is 1.66. The zero-order valence-corrected chi connectivity index (χ0v) is 11.7. The number of hydrogen-bond acceptors (Lipinski definition) is 4. The molecule has 3 rings (SSSR count). The van der Waals surface area contributed by atoms with E-state index < -0.39 is 0 Å². The molecule has 1 aromatic carbocycles. The predicted octanol–water partition coefficient (Wildman–Crippen LogP) is 2.52. The highest BCUT2D eigenvalue weighted by Crippen LogP contribution is 2.52. The van der Waals surface area contributed by atoms with E-state index in [1.807, 2.05) is 6.07 Å². The summed E-state index contributed by atoms with van der Waals surface area (Å²) >= 11 is 0. The van der Waals surface area contributed by atoms with Gasteiger partial charge in [-0.3, -0.25) is 9.36 Å². The van der Waals surface area contributed by atoms with Crippen molar-refractivity contribution in [1.29, 1.82) is 0 Å². The summed E-state index contributed by atoms with van der Waals surface area (Å²) in [5.74, 6) is 1.52. The van der Waals surface area contributed by atoms with Gasteiger partial charge in [-0.05, 0) is 29.9 Å². The summed E-state index contributed by atoms with van der Waals surface area (Å²) in [7, 11) is 1.59. The van der Waals surface area contributed by atoms with Gasteiger partial charge in [0.05, 0.1) is 7.11 Å². The average Bonchev–Trinajstić information content (AvgIpc) is 3.21. The van der Waals surface area contributed by atoms with Crippen LogP contribution in [0.2, 0.25) is 0 Å². The van der Waals surface area contributed by atoms with Crippen LogP contribution >= 0.6 is 0 Å². The highest BCUT2D eigenvalue weighted by Gasteiger charge is 2.40. The Morgan fingerprint density at radius 2 is 2.00 bits per heavy atom. The second-order valence-electron chi connectivity index (χ2n) is 5.38. The quantitative estimate of drug-likeness (QED) is 0.829. The molecule has 21 heavy (non-hydrogen) atoms. The molecule has 0 amide bonds. The fourth-order valence-corrected chi connectivity index (χ4v) is 2.81.